The number of aliphatic hydroxyl groups is 1. The molecule has 0 fully saturated rings. The first-order chi connectivity index (χ1) is 5.25. The first-order valence-corrected chi connectivity index (χ1v) is 3.53. The van der Waals surface area contributed by atoms with Crippen molar-refractivity contribution in [3.05, 3.63) is 23.3 Å². The minimum Gasteiger partial charge on any atom is -0.392 e. The Morgan fingerprint density at radius 3 is 2.73 bits per heavy atom. The molecule has 11 heavy (non-hydrogen) atoms. The van der Waals surface area contributed by atoms with Gasteiger partial charge in [-0.1, -0.05) is 12.2 Å². The maximum atomic E-state index is 12.2. The van der Waals surface area contributed by atoms with Crippen LogP contribution in [0.4, 0.5) is 8.78 Å². The molecule has 0 aliphatic heterocycles. The molecule has 0 heterocycles. The average Bonchev–Trinajstić information content (AvgIpc) is 2.04. The minimum atomic E-state index is -2.41. The van der Waals surface area contributed by atoms with Crippen molar-refractivity contribution < 1.29 is 13.9 Å². The Balaban J connectivity index is 2.82. The van der Waals surface area contributed by atoms with Gasteiger partial charge in [-0.3, -0.25) is 0 Å². The standard InChI is InChI=1S/C8H10F2O/c9-8(10)7-4-2-1-3-6(7)5-11/h1,3,8,11H,2,4-5H2. The molecule has 3 heteroatoms. The quantitative estimate of drug-likeness (QED) is 0.654. The van der Waals surface area contributed by atoms with Crippen LogP contribution in [0.2, 0.25) is 0 Å². The topological polar surface area (TPSA) is 20.2 Å². The molecule has 0 saturated heterocycles. The van der Waals surface area contributed by atoms with E-state index in [1.54, 1.807) is 12.2 Å². The molecule has 1 nitrogen and oxygen atoms in total. The van der Waals surface area contributed by atoms with Crippen LogP contribution in [0.5, 0.6) is 0 Å². The van der Waals surface area contributed by atoms with E-state index in [1.807, 2.05) is 0 Å². The summed E-state index contributed by atoms with van der Waals surface area (Å²) in [6.07, 6.45) is 2.00. The number of alkyl halides is 2. The van der Waals surface area contributed by atoms with Crippen LogP contribution in [0.1, 0.15) is 12.8 Å². The van der Waals surface area contributed by atoms with E-state index in [0.717, 1.165) is 0 Å². The van der Waals surface area contributed by atoms with Crippen molar-refractivity contribution in [2.45, 2.75) is 19.3 Å². The van der Waals surface area contributed by atoms with Gasteiger partial charge in [0.2, 0.25) is 0 Å². The molecular formula is C8H10F2O. The number of allylic oxidation sites excluding steroid dienone is 2. The van der Waals surface area contributed by atoms with Gasteiger partial charge in [0.25, 0.3) is 6.43 Å². The van der Waals surface area contributed by atoms with Crippen LogP contribution in [0.3, 0.4) is 0 Å². The Labute approximate surface area is 64.0 Å². The van der Waals surface area contributed by atoms with Gasteiger partial charge in [-0.2, -0.15) is 0 Å². The highest BCUT2D eigenvalue weighted by Crippen LogP contribution is 2.24. The summed E-state index contributed by atoms with van der Waals surface area (Å²) >= 11 is 0. The summed E-state index contributed by atoms with van der Waals surface area (Å²) in [6.45, 7) is -0.282. The fourth-order valence-corrected chi connectivity index (χ4v) is 1.14. The minimum absolute atomic E-state index is 0.0926. The summed E-state index contributed by atoms with van der Waals surface area (Å²) in [5, 5.41) is 8.67. The molecule has 1 aliphatic rings. The summed E-state index contributed by atoms with van der Waals surface area (Å²) in [5.74, 6) is 0. The molecule has 0 radical (unpaired) electrons. The third-order valence-electron chi connectivity index (χ3n) is 1.75. The fourth-order valence-electron chi connectivity index (χ4n) is 1.14. The molecule has 1 rings (SSSR count). The molecule has 0 bridgehead atoms. The molecule has 62 valence electrons. The molecule has 0 atom stereocenters. The maximum absolute atomic E-state index is 12.2. The molecule has 0 aromatic rings. The van der Waals surface area contributed by atoms with Crippen molar-refractivity contribution in [2.24, 2.45) is 0 Å². The normalized spacial score (nSPS) is 18.2. The SMILES string of the molecule is OCC1=C(C(F)F)CCC=C1. The number of aliphatic hydroxyl groups excluding tert-OH is 1. The second-order valence-corrected chi connectivity index (χ2v) is 2.45. The summed E-state index contributed by atoms with van der Waals surface area (Å²) in [4.78, 5) is 0. The van der Waals surface area contributed by atoms with Gasteiger partial charge in [0.1, 0.15) is 0 Å². The Bertz CT molecular complexity index is 194. The Kier molecular flexibility index (Phi) is 2.76. The summed E-state index contributed by atoms with van der Waals surface area (Å²) in [7, 11) is 0. The molecule has 0 aromatic carbocycles. The van der Waals surface area contributed by atoms with E-state index >= 15 is 0 Å². The first-order valence-electron chi connectivity index (χ1n) is 3.53. The average molecular weight is 160 g/mol. The number of rotatable bonds is 2. The van der Waals surface area contributed by atoms with E-state index in [4.69, 9.17) is 5.11 Å². The molecule has 0 unspecified atom stereocenters. The first kappa shape index (κ1) is 8.40. The second kappa shape index (κ2) is 3.62. The van der Waals surface area contributed by atoms with Crippen LogP contribution in [0.25, 0.3) is 0 Å². The number of halogens is 2. The van der Waals surface area contributed by atoms with Crippen LogP contribution < -0.4 is 0 Å². The van der Waals surface area contributed by atoms with Crippen molar-refractivity contribution in [1.82, 2.24) is 0 Å². The van der Waals surface area contributed by atoms with Gasteiger partial charge in [0, 0.05) is 5.57 Å². The number of hydrogen-bond donors (Lipinski definition) is 1. The zero-order valence-electron chi connectivity index (χ0n) is 6.06. The van der Waals surface area contributed by atoms with Gasteiger partial charge < -0.3 is 5.11 Å². The van der Waals surface area contributed by atoms with Gasteiger partial charge in [-0.15, -0.1) is 0 Å². The Morgan fingerprint density at radius 2 is 2.27 bits per heavy atom. The van der Waals surface area contributed by atoms with Crippen molar-refractivity contribution in [3.8, 4) is 0 Å². The van der Waals surface area contributed by atoms with E-state index in [9.17, 15) is 8.78 Å². The largest absolute Gasteiger partial charge is 0.392 e. The molecule has 0 amide bonds. The van der Waals surface area contributed by atoms with Crippen LogP contribution in [-0.2, 0) is 0 Å². The van der Waals surface area contributed by atoms with Crippen LogP contribution in [0, 0.1) is 0 Å². The fraction of sp³-hybridized carbons (Fsp3) is 0.500. The van der Waals surface area contributed by atoms with Gasteiger partial charge in [0.15, 0.2) is 0 Å². The lowest BCUT2D eigenvalue weighted by atomic mass is 9.98. The van der Waals surface area contributed by atoms with E-state index in [1.165, 1.54) is 0 Å². The summed E-state index contributed by atoms with van der Waals surface area (Å²) in [5.41, 5.74) is 0.473. The Morgan fingerprint density at radius 1 is 1.55 bits per heavy atom. The van der Waals surface area contributed by atoms with Crippen LogP contribution in [0.15, 0.2) is 23.3 Å². The predicted octanol–water partition coefficient (Wildman–Crippen LogP) is 1.89. The molecule has 0 aromatic heterocycles. The maximum Gasteiger partial charge on any atom is 0.260 e. The lowest BCUT2D eigenvalue weighted by Gasteiger charge is -2.12. The zero-order valence-corrected chi connectivity index (χ0v) is 6.06. The van der Waals surface area contributed by atoms with Gasteiger partial charge in [-0.05, 0) is 18.4 Å². The van der Waals surface area contributed by atoms with Crippen molar-refractivity contribution in [1.29, 1.82) is 0 Å². The highest BCUT2D eigenvalue weighted by molar-refractivity contribution is 5.31. The molecule has 1 N–H and O–H groups in total. The second-order valence-electron chi connectivity index (χ2n) is 2.45. The lowest BCUT2D eigenvalue weighted by Crippen LogP contribution is -2.06. The third kappa shape index (κ3) is 1.87. The molecular weight excluding hydrogens is 150 g/mol. The monoisotopic (exact) mass is 160 g/mol. The zero-order chi connectivity index (χ0) is 8.27. The van der Waals surface area contributed by atoms with Crippen molar-refractivity contribution >= 4 is 0 Å². The number of hydrogen-bond acceptors (Lipinski definition) is 1. The van der Waals surface area contributed by atoms with Crippen molar-refractivity contribution in [2.75, 3.05) is 6.61 Å². The molecule has 0 saturated carbocycles. The van der Waals surface area contributed by atoms with Gasteiger partial charge in [-0.25, -0.2) is 8.78 Å². The lowest BCUT2D eigenvalue weighted by molar-refractivity contribution is 0.181. The van der Waals surface area contributed by atoms with E-state index in [2.05, 4.69) is 0 Å². The van der Waals surface area contributed by atoms with E-state index in [0.29, 0.717) is 18.4 Å². The van der Waals surface area contributed by atoms with Gasteiger partial charge in [0.05, 0.1) is 6.61 Å². The third-order valence-corrected chi connectivity index (χ3v) is 1.75. The summed E-state index contributed by atoms with van der Waals surface area (Å²) in [6, 6.07) is 0. The highest BCUT2D eigenvalue weighted by Gasteiger charge is 2.16. The molecule has 1 aliphatic carbocycles. The van der Waals surface area contributed by atoms with E-state index < -0.39 is 6.43 Å². The van der Waals surface area contributed by atoms with Crippen molar-refractivity contribution in [3.63, 3.8) is 0 Å². The summed E-state index contributed by atoms with van der Waals surface area (Å²) < 4.78 is 24.3. The predicted molar refractivity (Wildman–Crippen MR) is 38.5 cm³/mol. The van der Waals surface area contributed by atoms with Gasteiger partial charge >= 0.3 is 0 Å². The Hall–Kier alpha value is -0.700. The smallest absolute Gasteiger partial charge is 0.260 e. The van der Waals surface area contributed by atoms with E-state index in [-0.39, 0.29) is 12.2 Å². The van der Waals surface area contributed by atoms with Crippen LogP contribution >= 0.6 is 0 Å². The van der Waals surface area contributed by atoms with Crippen LogP contribution in [-0.4, -0.2) is 18.1 Å². The highest BCUT2D eigenvalue weighted by atomic mass is 19.3. The molecule has 0 spiro atoms.